The lowest BCUT2D eigenvalue weighted by atomic mass is 9.97. The Hall–Kier alpha value is -4.26. The van der Waals surface area contributed by atoms with Crippen molar-refractivity contribution in [3.8, 4) is 0 Å². The first-order chi connectivity index (χ1) is 21.8. The third-order valence-electron chi connectivity index (χ3n) is 8.35. The molecule has 0 spiro atoms. The number of benzene rings is 1. The number of hydrogen-bond donors (Lipinski definition) is 5. The minimum Gasteiger partial charge on any atom is -0.375 e. The molecule has 2 aliphatic rings. The van der Waals surface area contributed by atoms with Gasteiger partial charge < -0.3 is 36.6 Å². The minimum atomic E-state index is -1.22. The highest BCUT2D eigenvalue weighted by molar-refractivity contribution is 6.01. The molecule has 13 nitrogen and oxygen atoms in total. The van der Waals surface area contributed by atoms with Gasteiger partial charge in [0.1, 0.15) is 30.2 Å². The molecule has 2 aliphatic heterocycles. The molecule has 2 heterocycles. The van der Waals surface area contributed by atoms with E-state index in [-0.39, 0.29) is 25.0 Å². The molecular formula is C33H48N6O7. The van der Waals surface area contributed by atoms with Crippen molar-refractivity contribution in [1.29, 1.82) is 0 Å². The van der Waals surface area contributed by atoms with Crippen LogP contribution in [0.1, 0.15) is 76.2 Å². The molecule has 6 N–H and O–H groups in total. The molecule has 46 heavy (non-hydrogen) atoms. The van der Waals surface area contributed by atoms with Crippen molar-refractivity contribution in [2.24, 2.45) is 17.6 Å². The number of nitrogens with zero attached hydrogens (tertiary/aromatic N) is 1. The van der Waals surface area contributed by atoms with Gasteiger partial charge in [-0.05, 0) is 49.7 Å². The van der Waals surface area contributed by atoms with Crippen molar-refractivity contribution in [2.45, 2.75) is 90.5 Å². The first-order valence-corrected chi connectivity index (χ1v) is 16.0. The van der Waals surface area contributed by atoms with Gasteiger partial charge in [-0.3, -0.25) is 28.8 Å². The van der Waals surface area contributed by atoms with E-state index in [9.17, 15) is 28.8 Å². The Labute approximate surface area is 270 Å². The van der Waals surface area contributed by atoms with Crippen LogP contribution in [-0.2, 0) is 28.7 Å². The summed E-state index contributed by atoms with van der Waals surface area (Å²) in [7, 11) is 0. The van der Waals surface area contributed by atoms with E-state index in [1.54, 1.807) is 50.3 Å². The van der Waals surface area contributed by atoms with E-state index >= 15 is 0 Å². The number of amides is 6. The third kappa shape index (κ3) is 9.62. The standard InChI is InChI=1S/C33H48N6O7/c1-6-20(4)27-32(44)37-25(30(42)36-24(28(34)40)17-19(2)3)18-46-16-10-12-22-11-7-8-13-23(22)29(41)35-21(5)33(45)39-15-9-14-26(39)31(43)38-27/h7-8,10-13,19-21,24-27H,6,9,14-18H2,1-5H3,(H2,34,40)(H,35,41)(H,36,42)(H,37,44)(H,38,43)/b12-10+/t20-,21-,24-,25-,26-,27-/m0/s1. The van der Waals surface area contributed by atoms with Crippen molar-refractivity contribution in [2.75, 3.05) is 19.8 Å². The van der Waals surface area contributed by atoms with Crippen LogP contribution in [0.3, 0.4) is 0 Å². The summed E-state index contributed by atoms with van der Waals surface area (Å²) < 4.78 is 5.76. The average Bonchev–Trinajstić information content (AvgIpc) is 3.51. The Morgan fingerprint density at radius 1 is 1.07 bits per heavy atom. The highest BCUT2D eigenvalue weighted by Gasteiger charge is 2.39. The summed E-state index contributed by atoms with van der Waals surface area (Å²) in [6.07, 6.45) is 5.16. The van der Waals surface area contributed by atoms with Gasteiger partial charge >= 0.3 is 0 Å². The normalized spacial score (nSPS) is 25.4. The van der Waals surface area contributed by atoms with E-state index in [0.29, 0.717) is 43.4 Å². The predicted octanol–water partition coefficient (Wildman–Crippen LogP) is 0.871. The number of rotatable bonds is 7. The molecule has 1 fully saturated rings. The number of hydrogen-bond acceptors (Lipinski definition) is 7. The Morgan fingerprint density at radius 2 is 1.78 bits per heavy atom. The Bertz CT molecular complexity index is 1310. The molecular weight excluding hydrogens is 592 g/mol. The second kappa shape index (κ2) is 16.9. The number of nitrogens with one attached hydrogen (secondary N) is 4. The molecule has 1 saturated heterocycles. The zero-order valence-electron chi connectivity index (χ0n) is 27.3. The molecule has 6 amide bonds. The third-order valence-corrected chi connectivity index (χ3v) is 8.35. The van der Waals surface area contributed by atoms with E-state index in [1.807, 2.05) is 20.8 Å². The van der Waals surface area contributed by atoms with Crippen LogP contribution in [0.5, 0.6) is 0 Å². The fourth-order valence-corrected chi connectivity index (χ4v) is 5.55. The van der Waals surface area contributed by atoms with Crippen molar-refractivity contribution >= 4 is 41.5 Å². The Morgan fingerprint density at radius 3 is 2.46 bits per heavy atom. The van der Waals surface area contributed by atoms with Crippen LogP contribution >= 0.6 is 0 Å². The van der Waals surface area contributed by atoms with Crippen molar-refractivity contribution in [1.82, 2.24) is 26.2 Å². The topological polar surface area (TPSA) is 189 Å². The van der Waals surface area contributed by atoms with Gasteiger partial charge in [0.15, 0.2) is 0 Å². The number of fused-ring (bicyclic) bond motifs is 2. The number of primary amides is 1. The molecule has 3 rings (SSSR count). The number of carbonyl (C=O) groups is 6. The maximum absolute atomic E-state index is 13.7. The van der Waals surface area contributed by atoms with E-state index in [0.717, 1.165) is 0 Å². The van der Waals surface area contributed by atoms with Crippen LogP contribution in [0, 0.1) is 11.8 Å². The smallest absolute Gasteiger partial charge is 0.252 e. The largest absolute Gasteiger partial charge is 0.375 e. The lowest BCUT2D eigenvalue weighted by Crippen LogP contribution is -2.60. The molecule has 0 unspecified atom stereocenters. The van der Waals surface area contributed by atoms with Crippen LogP contribution in [-0.4, -0.2) is 90.3 Å². The molecule has 0 radical (unpaired) electrons. The van der Waals surface area contributed by atoms with Gasteiger partial charge in [-0.15, -0.1) is 0 Å². The molecule has 0 aliphatic carbocycles. The van der Waals surface area contributed by atoms with Crippen LogP contribution in [0.15, 0.2) is 30.3 Å². The van der Waals surface area contributed by atoms with Gasteiger partial charge in [-0.1, -0.05) is 64.5 Å². The number of nitrogens with two attached hydrogens (primary N) is 1. The fourth-order valence-electron chi connectivity index (χ4n) is 5.55. The summed E-state index contributed by atoms with van der Waals surface area (Å²) in [6, 6.07) is 1.92. The molecule has 1 aromatic rings. The Balaban J connectivity index is 1.96. The molecule has 0 aromatic heterocycles. The summed E-state index contributed by atoms with van der Waals surface area (Å²) in [4.78, 5) is 80.9. The molecule has 6 atom stereocenters. The molecule has 1 aromatic carbocycles. The molecule has 252 valence electrons. The zero-order valence-corrected chi connectivity index (χ0v) is 27.3. The van der Waals surface area contributed by atoms with Gasteiger partial charge in [0.2, 0.25) is 29.5 Å². The van der Waals surface area contributed by atoms with Crippen molar-refractivity contribution in [3.63, 3.8) is 0 Å². The summed E-state index contributed by atoms with van der Waals surface area (Å²) in [5.74, 6) is -3.59. The van der Waals surface area contributed by atoms with E-state index in [4.69, 9.17) is 10.5 Å². The van der Waals surface area contributed by atoms with Gasteiger partial charge in [0, 0.05) is 12.1 Å². The van der Waals surface area contributed by atoms with E-state index < -0.39 is 65.7 Å². The monoisotopic (exact) mass is 640 g/mol. The van der Waals surface area contributed by atoms with Crippen LogP contribution in [0.2, 0.25) is 0 Å². The lowest BCUT2D eigenvalue weighted by molar-refractivity contribution is -0.141. The SMILES string of the molecule is CC[C@H](C)[C@@H]1NC(=O)[C@@H]2CCCN2C(=O)[C@H](C)NC(=O)c2ccccc2/C=C/COC[C@@H](C(=O)N[C@@H](CC(C)C)C(N)=O)NC1=O. The Kier molecular flexibility index (Phi) is 13.3. The second-order valence-corrected chi connectivity index (χ2v) is 12.4. The quantitative estimate of drug-likeness (QED) is 0.292. The van der Waals surface area contributed by atoms with Crippen LogP contribution in [0.4, 0.5) is 0 Å². The van der Waals surface area contributed by atoms with Crippen LogP contribution in [0.25, 0.3) is 6.08 Å². The lowest BCUT2D eigenvalue weighted by Gasteiger charge is -2.31. The zero-order chi connectivity index (χ0) is 34.0. The summed E-state index contributed by atoms with van der Waals surface area (Å²) in [6.45, 7) is 9.13. The molecule has 0 bridgehead atoms. The van der Waals surface area contributed by atoms with E-state index in [1.165, 1.54) is 4.90 Å². The maximum atomic E-state index is 13.7. The molecule has 13 heteroatoms. The van der Waals surface area contributed by atoms with E-state index in [2.05, 4.69) is 21.3 Å². The number of carbonyl (C=O) groups excluding carboxylic acids is 6. The van der Waals surface area contributed by atoms with Gasteiger partial charge in [0.25, 0.3) is 5.91 Å². The average molecular weight is 641 g/mol. The van der Waals surface area contributed by atoms with Crippen molar-refractivity contribution < 1.29 is 33.5 Å². The van der Waals surface area contributed by atoms with Crippen molar-refractivity contribution in [3.05, 3.63) is 41.5 Å². The van der Waals surface area contributed by atoms with Gasteiger partial charge in [0.05, 0.1) is 13.2 Å². The van der Waals surface area contributed by atoms with Crippen LogP contribution < -0.4 is 27.0 Å². The fraction of sp³-hybridized carbons (Fsp3) is 0.576. The first kappa shape index (κ1) is 36.2. The second-order valence-electron chi connectivity index (χ2n) is 12.4. The molecule has 0 saturated carbocycles. The summed E-state index contributed by atoms with van der Waals surface area (Å²) >= 11 is 0. The highest BCUT2D eigenvalue weighted by atomic mass is 16.5. The number of ether oxygens (including phenoxy) is 1. The summed E-state index contributed by atoms with van der Waals surface area (Å²) in [5, 5.41) is 10.9. The van der Waals surface area contributed by atoms with Gasteiger partial charge in [-0.25, -0.2) is 0 Å². The minimum absolute atomic E-state index is 0.0257. The summed E-state index contributed by atoms with van der Waals surface area (Å²) in [5.41, 5.74) is 6.47. The van der Waals surface area contributed by atoms with Gasteiger partial charge in [-0.2, -0.15) is 0 Å². The first-order valence-electron chi connectivity index (χ1n) is 16.0. The predicted molar refractivity (Wildman–Crippen MR) is 172 cm³/mol. The maximum Gasteiger partial charge on any atom is 0.252 e. The highest BCUT2D eigenvalue weighted by Crippen LogP contribution is 2.20.